The zero-order valence-electron chi connectivity index (χ0n) is 15.2. The van der Waals surface area contributed by atoms with Gasteiger partial charge in [0.05, 0.1) is 15.5 Å². The molecule has 1 unspecified atom stereocenters. The van der Waals surface area contributed by atoms with E-state index in [9.17, 15) is 13.2 Å². The van der Waals surface area contributed by atoms with Gasteiger partial charge in [-0.05, 0) is 55.7 Å². The number of hydrogen-bond acceptors (Lipinski definition) is 3. The Morgan fingerprint density at radius 1 is 1.15 bits per heavy atom. The molecule has 1 aliphatic rings. The maximum Gasteiger partial charge on any atom is 0.257 e. The first-order valence-electron chi connectivity index (χ1n) is 9.11. The number of nitrogens with zero attached hydrogens (tertiary/aromatic N) is 1. The molecule has 27 heavy (non-hydrogen) atoms. The molecule has 0 spiro atoms. The molecule has 1 N–H and O–H groups in total. The van der Waals surface area contributed by atoms with Crippen LogP contribution in [0.4, 0.5) is 5.69 Å². The van der Waals surface area contributed by atoms with Crippen LogP contribution >= 0.6 is 11.6 Å². The van der Waals surface area contributed by atoms with Crippen molar-refractivity contribution in [3.8, 4) is 0 Å². The van der Waals surface area contributed by atoms with E-state index in [1.165, 1.54) is 0 Å². The van der Waals surface area contributed by atoms with Gasteiger partial charge in [0.2, 0.25) is 10.0 Å². The van der Waals surface area contributed by atoms with Crippen LogP contribution < -0.4 is 5.32 Å². The summed E-state index contributed by atoms with van der Waals surface area (Å²) in [7, 11) is -3.53. The van der Waals surface area contributed by atoms with Crippen molar-refractivity contribution in [1.29, 1.82) is 0 Å². The minimum atomic E-state index is -3.53. The average molecular weight is 407 g/mol. The van der Waals surface area contributed by atoms with Gasteiger partial charge in [0.1, 0.15) is 0 Å². The van der Waals surface area contributed by atoms with Crippen LogP contribution in [0.1, 0.15) is 43.0 Å². The normalized spacial score (nSPS) is 18.2. The van der Waals surface area contributed by atoms with Crippen molar-refractivity contribution in [3.05, 3.63) is 59.1 Å². The highest BCUT2D eigenvalue weighted by molar-refractivity contribution is 7.89. The highest BCUT2D eigenvalue weighted by atomic mass is 35.5. The summed E-state index contributed by atoms with van der Waals surface area (Å²) in [6.45, 7) is 2.58. The molecule has 0 aliphatic carbocycles. The number of benzene rings is 2. The number of rotatable bonds is 5. The summed E-state index contributed by atoms with van der Waals surface area (Å²) in [4.78, 5) is 12.6. The van der Waals surface area contributed by atoms with E-state index in [-0.39, 0.29) is 16.8 Å². The third-order valence-electron chi connectivity index (χ3n) is 4.88. The van der Waals surface area contributed by atoms with Gasteiger partial charge >= 0.3 is 0 Å². The first-order chi connectivity index (χ1) is 12.9. The summed E-state index contributed by atoms with van der Waals surface area (Å²) in [6.07, 6.45) is 3.67. The molecule has 0 saturated carbocycles. The number of nitrogens with one attached hydrogen (secondary N) is 1. The van der Waals surface area contributed by atoms with Gasteiger partial charge in [-0.25, -0.2) is 8.42 Å². The lowest BCUT2D eigenvalue weighted by Gasteiger charge is -2.34. The number of carbonyl (C=O) groups excluding carboxylic acids is 1. The fourth-order valence-corrected chi connectivity index (χ4v) is 5.38. The maximum atomic E-state index is 13.0. The van der Waals surface area contributed by atoms with Crippen molar-refractivity contribution >= 4 is 33.2 Å². The van der Waals surface area contributed by atoms with E-state index in [0.717, 1.165) is 25.7 Å². The molecule has 2 aromatic rings. The lowest BCUT2D eigenvalue weighted by atomic mass is 10.0. The van der Waals surface area contributed by atoms with Crippen molar-refractivity contribution in [2.75, 3.05) is 11.9 Å². The van der Waals surface area contributed by atoms with Crippen molar-refractivity contribution in [3.63, 3.8) is 0 Å². The Balaban J connectivity index is 1.77. The number of amides is 1. The van der Waals surface area contributed by atoms with E-state index in [0.29, 0.717) is 22.8 Å². The molecule has 2 aromatic carbocycles. The highest BCUT2D eigenvalue weighted by Crippen LogP contribution is 2.27. The Hall–Kier alpha value is -1.89. The van der Waals surface area contributed by atoms with Gasteiger partial charge in [-0.3, -0.25) is 4.79 Å². The number of sulfonamides is 1. The van der Waals surface area contributed by atoms with E-state index in [1.807, 2.05) is 6.92 Å². The summed E-state index contributed by atoms with van der Waals surface area (Å²) >= 11 is 6.04. The summed E-state index contributed by atoms with van der Waals surface area (Å²) < 4.78 is 27.6. The number of piperidine rings is 1. The smallest absolute Gasteiger partial charge is 0.257 e. The second kappa shape index (κ2) is 8.42. The van der Waals surface area contributed by atoms with Crippen LogP contribution in [0.3, 0.4) is 0 Å². The first kappa shape index (κ1) is 19.9. The second-order valence-electron chi connectivity index (χ2n) is 6.63. The van der Waals surface area contributed by atoms with Gasteiger partial charge in [-0.15, -0.1) is 0 Å². The first-order valence-corrected chi connectivity index (χ1v) is 10.9. The Labute approximate surface area is 165 Å². The predicted octanol–water partition coefficient (Wildman–Crippen LogP) is 4.55. The van der Waals surface area contributed by atoms with Crippen molar-refractivity contribution < 1.29 is 13.2 Å². The molecule has 1 aliphatic heterocycles. The van der Waals surface area contributed by atoms with Gasteiger partial charge in [0.25, 0.3) is 5.91 Å². The van der Waals surface area contributed by atoms with Crippen LogP contribution in [0, 0.1) is 0 Å². The molecule has 0 aromatic heterocycles. The van der Waals surface area contributed by atoms with Crippen LogP contribution in [0.5, 0.6) is 0 Å². The van der Waals surface area contributed by atoms with Crippen LogP contribution in [-0.4, -0.2) is 31.2 Å². The molecular formula is C20H23ClN2O3S. The van der Waals surface area contributed by atoms with Crippen LogP contribution in [-0.2, 0) is 10.0 Å². The lowest BCUT2D eigenvalue weighted by molar-refractivity contribution is 0.102. The van der Waals surface area contributed by atoms with E-state index in [1.54, 1.807) is 52.8 Å². The van der Waals surface area contributed by atoms with Gasteiger partial charge in [-0.2, -0.15) is 4.31 Å². The van der Waals surface area contributed by atoms with E-state index in [2.05, 4.69) is 5.32 Å². The third kappa shape index (κ3) is 4.34. The molecule has 1 fully saturated rings. The van der Waals surface area contributed by atoms with Crippen LogP contribution in [0.15, 0.2) is 53.4 Å². The Morgan fingerprint density at radius 3 is 2.52 bits per heavy atom. The summed E-state index contributed by atoms with van der Waals surface area (Å²) in [6, 6.07) is 13.1. The topological polar surface area (TPSA) is 66.5 Å². The molecule has 0 bridgehead atoms. The quantitative estimate of drug-likeness (QED) is 0.792. The van der Waals surface area contributed by atoms with Crippen molar-refractivity contribution in [2.45, 2.75) is 43.5 Å². The number of carbonyl (C=O) groups is 1. The molecule has 144 valence electrons. The lowest BCUT2D eigenvalue weighted by Crippen LogP contribution is -2.43. The van der Waals surface area contributed by atoms with Crippen molar-refractivity contribution in [1.82, 2.24) is 4.31 Å². The Morgan fingerprint density at radius 2 is 1.85 bits per heavy atom. The Bertz CT molecular complexity index is 913. The van der Waals surface area contributed by atoms with Gasteiger partial charge in [0, 0.05) is 18.3 Å². The standard InChI is InChI=1S/C20H23ClN2O3S/c1-2-16-7-5-6-14-23(16)27(25,26)17-12-10-15(11-13-17)22-20(24)18-8-3-4-9-19(18)21/h3-4,8-13,16H,2,5-7,14H2,1H3,(H,22,24). The molecule has 5 nitrogen and oxygen atoms in total. The van der Waals surface area contributed by atoms with Crippen LogP contribution in [0.25, 0.3) is 0 Å². The van der Waals surface area contributed by atoms with E-state index in [4.69, 9.17) is 11.6 Å². The monoisotopic (exact) mass is 406 g/mol. The number of anilines is 1. The van der Waals surface area contributed by atoms with Crippen LogP contribution in [0.2, 0.25) is 5.02 Å². The zero-order chi connectivity index (χ0) is 19.4. The number of hydrogen-bond donors (Lipinski definition) is 1. The van der Waals surface area contributed by atoms with Gasteiger partial charge < -0.3 is 5.32 Å². The number of halogens is 1. The highest BCUT2D eigenvalue weighted by Gasteiger charge is 2.32. The third-order valence-corrected chi connectivity index (χ3v) is 7.18. The summed E-state index contributed by atoms with van der Waals surface area (Å²) in [5.74, 6) is -0.335. The largest absolute Gasteiger partial charge is 0.322 e. The maximum absolute atomic E-state index is 13.0. The molecule has 3 rings (SSSR count). The second-order valence-corrected chi connectivity index (χ2v) is 8.93. The average Bonchev–Trinajstić information content (AvgIpc) is 2.68. The zero-order valence-corrected chi connectivity index (χ0v) is 16.8. The summed E-state index contributed by atoms with van der Waals surface area (Å²) in [5, 5.41) is 3.11. The minimum absolute atomic E-state index is 0.0587. The van der Waals surface area contributed by atoms with Gasteiger partial charge in [0.15, 0.2) is 0 Å². The Kier molecular flexibility index (Phi) is 6.19. The molecule has 1 amide bonds. The van der Waals surface area contributed by atoms with Gasteiger partial charge in [-0.1, -0.05) is 37.1 Å². The molecule has 0 radical (unpaired) electrons. The van der Waals surface area contributed by atoms with E-state index < -0.39 is 10.0 Å². The fraction of sp³-hybridized carbons (Fsp3) is 0.350. The molecule has 1 atom stereocenters. The SMILES string of the molecule is CCC1CCCCN1S(=O)(=O)c1ccc(NC(=O)c2ccccc2Cl)cc1. The predicted molar refractivity (Wildman–Crippen MR) is 108 cm³/mol. The van der Waals surface area contributed by atoms with E-state index >= 15 is 0 Å². The summed E-state index contributed by atoms with van der Waals surface area (Å²) in [5.41, 5.74) is 0.888. The fourth-order valence-electron chi connectivity index (χ4n) is 3.39. The molecular weight excluding hydrogens is 384 g/mol. The minimum Gasteiger partial charge on any atom is -0.322 e. The molecule has 1 heterocycles. The molecule has 7 heteroatoms. The van der Waals surface area contributed by atoms with Crippen molar-refractivity contribution in [2.24, 2.45) is 0 Å². The molecule has 1 saturated heterocycles.